The summed E-state index contributed by atoms with van der Waals surface area (Å²) in [4.78, 5) is 4.76. The van der Waals surface area contributed by atoms with E-state index in [-0.39, 0.29) is 11.9 Å². The van der Waals surface area contributed by atoms with Gasteiger partial charge in [-0.05, 0) is 45.6 Å². The molecule has 1 fully saturated rings. The number of nitrogens with zero attached hydrogens (tertiary/aromatic N) is 3. The molecule has 0 spiro atoms. The molecule has 0 saturated carbocycles. The maximum atomic E-state index is 8.90. The highest BCUT2D eigenvalue weighted by Crippen LogP contribution is 2.28. The summed E-state index contributed by atoms with van der Waals surface area (Å²) in [7, 11) is 4.32. The molecule has 1 heterocycles. The van der Waals surface area contributed by atoms with Gasteiger partial charge in [-0.15, -0.1) is 0 Å². The molecule has 21 heavy (non-hydrogen) atoms. The fraction of sp³-hybridized carbons (Fsp3) is 0.562. The number of benzene rings is 1. The minimum Gasteiger partial charge on any atom is -0.409 e. The van der Waals surface area contributed by atoms with Crippen LogP contribution in [0.15, 0.2) is 35.5 Å². The Morgan fingerprint density at radius 3 is 2.57 bits per heavy atom. The third kappa shape index (κ3) is 4.19. The maximum Gasteiger partial charge on any atom is 0.141 e. The largest absolute Gasteiger partial charge is 0.409 e. The molecule has 5 nitrogen and oxygen atoms in total. The highest BCUT2D eigenvalue weighted by Gasteiger charge is 2.27. The minimum atomic E-state index is 0.149. The van der Waals surface area contributed by atoms with Crippen molar-refractivity contribution in [3.8, 4) is 0 Å². The van der Waals surface area contributed by atoms with Crippen LogP contribution in [0.5, 0.6) is 0 Å². The molecule has 1 saturated heterocycles. The molecule has 116 valence electrons. The van der Waals surface area contributed by atoms with Crippen LogP contribution in [0.25, 0.3) is 0 Å². The second-order valence-electron chi connectivity index (χ2n) is 5.92. The Hall–Kier alpha value is -1.59. The molecule has 1 unspecified atom stereocenters. The van der Waals surface area contributed by atoms with E-state index in [1.54, 1.807) is 0 Å². The number of hydrogen-bond donors (Lipinski definition) is 2. The standard InChI is InChI=1S/C16H26N4O/c1-19-10-8-14(9-11-19)20(2)15(12-16(17)18-21)13-6-4-3-5-7-13/h3-7,14-15,21H,8-12H2,1-2H3,(H2,17,18). The summed E-state index contributed by atoms with van der Waals surface area (Å²) in [6.45, 7) is 2.25. The highest BCUT2D eigenvalue weighted by atomic mass is 16.4. The fourth-order valence-corrected chi connectivity index (χ4v) is 3.07. The van der Waals surface area contributed by atoms with Crippen LogP contribution in [0.1, 0.15) is 30.9 Å². The molecule has 0 amide bonds. The van der Waals surface area contributed by atoms with Crippen molar-refractivity contribution in [1.82, 2.24) is 9.80 Å². The van der Waals surface area contributed by atoms with Crippen LogP contribution >= 0.6 is 0 Å². The van der Waals surface area contributed by atoms with Gasteiger partial charge in [0.2, 0.25) is 0 Å². The van der Waals surface area contributed by atoms with Crippen LogP contribution in [0.4, 0.5) is 0 Å². The van der Waals surface area contributed by atoms with Crippen LogP contribution in [0.2, 0.25) is 0 Å². The lowest BCUT2D eigenvalue weighted by atomic mass is 9.96. The number of oxime groups is 1. The van der Waals surface area contributed by atoms with Gasteiger partial charge >= 0.3 is 0 Å². The van der Waals surface area contributed by atoms with Gasteiger partial charge in [-0.25, -0.2) is 0 Å². The van der Waals surface area contributed by atoms with Crippen LogP contribution in [-0.2, 0) is 0 Å². The summed E-state index contributed by atoms with van der Waals surface area (Å²) < 4.78 is 0. The second kappa shape index (κ2) is 7.43. The lowest BCUT2D eigenvalue weighted by Crippen LogP contribution is -2.44. The van der Waals surface area contributed by atoms with E-state index in [0.29, 0.717) is 12.5 Å². The summed E-state index contributed by atoms with van der Waals surface area (Å²) in [5.74, 6) is 0.281. The van der Waals surface area contributed by atoms with Crippen LogP contribution in [0.3, 0.4) is 0 Å². The Balaban J connectivity index is 2.14. The first-order valence-corrected chi connectivity index (χ1v) is 7.53. The molecule has 2 rings (SSSR count). The topological polar surface area (TPSA) is 65.1 Å². The summed E-state index contributed by atoms with van der Waals surface area (Å²) in [5.41, 5.74) is 6.98. The van der Waals surface area contributed by atoms with Crippen molar-refractivity contribution >= 4 is 5.84 Å². The quantitative estimate of drug-likeness (QED) is 0.376. The summed E-state index contributed by atoms with van der Waals surface area (Å²) >= 11 is 0. The summed E-state index contributed by atoms with van der Waals surface area (Å²) in [6, 6.07) is 11.0. The van der Waals surface area contributed by atoms with Gasteiger partial charge in [0.15, 0.2) is 0 Å². The SMILES string of the molecule is CN1CCC(N(C)C(CC(N)=NO)c2ccccc2)CC1. The third-order valence-electron chi connectivity index (χ3n) is 4.47. The number of rotatable bonds is 5. The van der Waals surface area contributed by atoms with Crippen LogP contribution in [-0.4, -0.2) is 54.1 Å². The van der Waals surface area contributed by atoms with E-state index < -0.39 is 0 Å². The molecular weight excluding hydrogens is 264 g/mol. The number of likely N-dealkylation sites (tertiary alicyclic amines) is 1. The lowest BCUT2D eigenvalue weighted by molar-refractivity contribution is 0.108. The number of nitrogens with two attached hydrogens (primary N) is 1. The van der Waals surface area contributed by atoms with E-state index in [1.807, 2.05) is 18.2 Å². The second-order valence-corrected chi connectivity index (χ2v) is 5.92. The smallest absolute Gasteiger partial charge is 0.141 e. The first-order valence-electron chi connectivity index (χ1n) is 7.53. The van der Waals surface area contributed by atoms with Crippen molar-refractivity contribution in [2.45, 2.75) is 31.3 Å². The maximum absolute atomic E-state index is 8.90. The molecule has 0 bridgehead atoms. The van der Waals surface area contributed by atoms with Crippen molar-refractivity contribution < 1.29 is 5.21 Å². The Kier molecular flexibility index (Phi) is 5.59. The minimum absolute atomic E-state index is 0.149. The first-order chi connectivity index (χ1) is 10.1. The Bertz CT molecular complexity index is 455. The van der Waals surface area contributed by atoms with Gasteiger partial charge in [-0.1, -0.05) is 35.5 Å². The average molecular weight is 290 g/mol. The predicted octanol–water partition coefficient (Wildman–Crippen LogP) is 1.89. The molecule has 1 aliphatic rings. The van der Waals surface area contributed by atoms with Crippen molar-refractivity contribution in [2.24, 2.45) is 10.9 Å². The summed E-state index contributed by atoms with van der Waals surface area (Å²) in [5, 5.41) is 12.0. The molecule has 1 aromatic carbocycles. The van der Waals surface area contributed by atoms with E-state index in [0.717, 1.165) is 25.9 Å². The van der Waals surface area contributed by atoms with E-state index in [9.17, 15) is 0 Å². The van der Waals surface area contributed by atoms with E-state index in [2.05, 4.69) is 41.2 Å². The van der Waals surface area contributed by atoms with Gasteiger partial charge in [0.1, 0.15) is 5.84 Å². The molecular formula is C16H26N4O. The van der Waals surface area contributed by atoms with E-state index in [4.69, 9.17) is 10.9 Å². The van der Waals surface area contributed by atoms with Gasteiger partial charge in [0.25, 0.3) is 0 Å². The van der Waals surface area contributed by atoms with Crippen LogP contribution in [0, 0.1) is 0 Å². The molecule has 1 aromatic rings. The number of amidine groups is 1. The number of hydrogen-bond acceptors (Lipinski definition) is 4. The Morgan fingerprint density at radius 1 is 1.38 bits per heavy atom. The van der Waals surface area contributed by atoms with Gasteiger partial charge in [-0.3, -0.25) is 4.90 Å². The molecule has 0 radical (unpaired) electrons. The zero-order valence-corrected chi connectivity index (χ0v) is 12.9. The van der Waals surface area contributed by atoms with Crippen molar-refractivity contribution in [3.05, 3.63) is 35.9 Å². The van der Waals surface area contributed by atoms with Crippen LogP contribution < -0.4 is 5.73 Å². The number of piperidine rings is 1. The van der Waals surface area contributed by atoms with E-state index >= 15 is 0 Å². The predicted molar refractivity (Wildman–Crippen MR) is 85.5 cm³/mol. The van der Waals surface area contributed by atoms with Crippen molar-refractivity contribution in [2.75, 3.05) is 27.2 Å². The fourth-order valence-electron chi connectivity index (χ4n) is 3.07. The zero-order valence-electron chi connectivity index (χ0n) is 12.9. The first kappa shape index (κ1) is 15.8. The van der Waals surface area contributed by atoms with Gasteiger partial charge in [-0.2, -0.15) is 0 Å². The molecule has 3 N–H and O–H groups in total. The molecule has 1 atom stereocenters. The van der Waals surface area contributed by atoms with Crippen molar-refractivity contribution in [1.29, 1.82) is 0 Å². The van der Waals surface area contributed by atoms with Gasteiger partial charge in [0, 0.05) is 18.5 Å². The van der Waals surface area contributed by atoms with Gasteiger partial charge in [0.05, 0.1) is 0 Å². The molecule has 1 aliphatic heterocycles. The zero-order chi connectivity index (χ0) is 15.2. The normalized spacial score (nSPS) is 19.9. The Morgan fingerprint density at radius 2 is 2.00 bits per heavy atom. The van der Waals surface area contributed by atoms with E-state index in [1.165, 1.54) is 5.56 Å². The van der Waals surface area contributed by atoms with Gasteiger partial charge < -0.3 is 15.8 Å². The highest BCUT2D eigenvalue weighted by molar-refractivity contribution is 5.80. The van der Waals surface area contributed by atoms with Crippen molar-refractivity contribution in [3.63, 3.8) is 0 Å². The third-order valence-corrected chi connectivity index (χ3v) is 4.47. The lowest BCUT2D eigenvalue weighted by Gasteiger charge is -2.39. The summed E-state index contributed by atoms with van der Waals surface area (Å²) in [6.07, 6.45) is 2.86. The molecule has 5 heteroatoms. The molecule has 0 aliphatic carbocycles. The Labute approximate surface area is 127 Å². The average Bonchev–Trinajstić information content (AvgIpc) is 2.53. The molecule has 0 aromatic heterocycles. The monoisotopic (exact) mass is 290 g/mol.